The number of nitro groups is 1. The van der Waals surface area contributed by atoms with Crippen LogP contribution in [-0.4, -0.2) is 4.92 Å². The molecular weight excluding hydrogens is 331 g/mol. The zero-order valence-electron chi connectivity index (χ0n) is 9.84. The Morgan fingerprint density at radius 3 is 2.60 bits per heavy atom. The third kappa shape index (κ3) is 2.92. The van der Waals surface area contributed by atoms with Crippen LogP contribution in [0.2, 0.25) is 0 Å². The molecule has 5 nitrogen and oxygen atoms in total. The normalized spacial score (nSPS) is 9.85. The van der Waals surface area contributed by atoms with Crippen LogP contribution in [0, 0.1) is 27.3 Å². The topological polar surface area (TPSA) is 76.2 Å². The van der Waals surface area contributed by atoms with Crippen molar-refractivity contribution >= 4 is 21.6 Å². The van der Waals surface area contributed by atoms with Gasteiger partial charge in [0.15, 0.2) is 11.6 Å². The second-order valence-corrected chi connectivity index (χ2v) is 4.59. The van der Waals surface area contributed by atoms with Crippen LogP contribution in [-0.2, 0) is 0 Å². The van der Waals surface area contributed by atoms with Gasteiger partial charge in [-0.15, -0.1) is 0 Å². The predicted octanol–water partition coefficient (Wildman–Crippen LogP) is 4.16. The van der Waals surface area contributed by atoms with Crippen LogP contribution >= 0.6 is 15.9 Å². The zero-order chi connectivity index (χ0) is 14.7. The molecule has 0 fully saturated rings. The first-order valence-corrected chi connectivity index (χ1v) is 6.12. The van der Waals surface area contributed by atoms with Gasteiger partial charge in [0, 0.05) is 6.07 Å². The lowest BCUT2D eigenvalue weighted by Gasteiger charge is -2.08. The average molecular weight is 337 g/mol. The summed E-state index contributed by atoms with van der Waals surface area (Å²) in [6.45, 7) is 0. The first-order valence-electron chi connectivity index (χ1n) is 5.32. The average Bonchev–Trinajstić information content (AvgIpc) is 2.42. The summed E-state index contributed by atoms with van der Waals surface area (Å²) >= 11 is 3.17. The van der Waals surface area contributed by atoms with Gasteiger partial charge in [0.1, 0.15) is 5.75 Å². The summed E-state index contributed by atoms with van der Waals surface area (Å²) < 4.78 is 19.4. The number of hydrogen-bond donors (Lipinski definition) is 0. The zero-order valence-corrected chi connectivity index (χ0v) is 11.4. The monoisotopic (exact) mass is 336 g/mol. The number of hydrogen-bond acceptors (Lipinski definition) is 4. The van der Waals surface area contributed by atoms with E-state index in [-0.39, 0.29) is 22.7 Å². The Bertz CT molecular complexity index is 728. The van der Waals surface area contributed by atoms with E-state index in [0.29, 0.717) is 4.47 Å². The number of nitrogens with zero attached hydrogens (tertiary/aromatic N) is 2. The van der Waals surface area contributed by atoms with E-state index in [1.165, 1.54) is 30.3 Å². The molecule has 0 heterocycles. The molecule has 0 unspecified atom stereocenters. The molecule has 2 aromatic carbocycles. The summed E-state index contributed by atoms with van der Waals surface area (Å²) in [5, 5.41) is 19.3. The van der Waals surface area contributed by atoms with Crippen LogP contribution in [0.5, 0.6) is 11.5 Å². The molecule has 0 bridgehead atoms. The summed E-state index contributed by atoms with van der Waals surface area (Å²) in [5.41, 5.74) is -0.00906. The summed E-state index contributed by atoms with van der Waals surface area (Å²) in [6, 6.07) is 9.43. The molecule has 0 atom stereocenters. The maximum Gasteiger partial charge on any atom is 0.273 e. The molecule has 0 aromatic heterocycles. The lowest BCUT2D eigenvalue weighted by Crippen LogP contribution is -1.93. The van der Waals surface area contributed by atoms with E-state index in [2.05, 4.69) is 15.9 Å². The van der Waals surface area contributed by atoms with E-state index >= 15 is 0 Å². The highest BCUT2D eigenvalue weighted by Gasteiger charge is 2.13. The molecule has 2 rings (SSSR count). The molecule has 2 aromatic rings. The number of benzene rings is 2. The van der Waals surface area contributed by atoms with Gasteiger partial charge in [0.05, 0.1) is 27.1 Å². The van der Waals surface area contributed by atoms with Gasteiger partial charge in [0.25, 0.3) is 5.69 Å². The summed E-state index contributed by atoms with van der Waals surface area (Å²) in [4.78, 5) is 10.1. The van der Waals surface area contributed by atoms with Gasteiger partial charge in [-0.25, -0.2) is 4.39 Å². The number of nitriles is 1. The Morgan fingerprint density at radius 2 is 2.00 bits per heavy atom. The van der Waals surface area contributed by atoms with Crippen LogP contribution in [0.4, 0.5) is 10.1 Å². The third-order valence-electron chi connectivity index (χ3n) is 2.41. The third-order valence-corrected chi connectivity index (χ3v) is 3.06. The molecule has 0 radical (unpaired) electrons. The van der Waals surface area contributed by atoms with Crippen molar-refractivity contribution < 1.29 is 14.1 Å². The molecule has 0 aliphatic carbocycles. The van der Waals surface area contributed by atoms with E-state index in [0.717, 1.165) is 6.07 Å². The van der Waals surface area contributed by atoms with Gasteiger partial charge in [0.2, 0.25) is 0 Å². The highest BCUT2D eigenvalue weighted by molar-refractivity contribution is 9.10. The molecule has 7 heteroatoms. The van der Waals surface area contributed by atoms with Gasteiger partial charge in [-0.3, -0.25) is 10.1 Å². The van der Waals surface area contributed by atoms with Crippen LogP contribution in [0.25, 0.3) is 0 Å². The Hall–Kier alpha value is -2.46. The molecule has 0 saturated carbocycles. The fourth-order valence-corrected chi connectivity index (χ4v) is 1.78. The largest absolute Gasteiger partial charge is 0.453 e. The van der Waals surface area contributed by atoms with Crippen molar-refractivity contribution in [2.24, 2.45) is 0 Å². The van der Waals surface area contributed by atoms with Gasteiger partial charge in [-0.1, -0.05) is 0 Å². The maximum atomic E-state index is 13.7. The number of nitro benzene ring substituents is 1. The van der Waals surface area contributed by atoms with E-state index in [1.807, 2.05) is 0 Å². The van der Waals surface area contributed by atoms with Gasteiger partial charge in [-0.05, 0) is 40.2 Å². The summed E-state index contributed by atoms with van der Waals surface area (Å²) in [7, 11) is 0. The maximum absolute atomic E-state index is 13.7. The predicted molar refractivity (Wildman–Crippen MR) is 72.0 cm³/mol. The second kappa shape index (κ2) is 5.67. The minimum Gasteiger partial charge on any atom is -0.453 e. The first-order chi connectivity index (χ1) is 9.51. The summed E-state index contributed by atoms with van der Waals surface area (Å²) in [6.07, 6.45) is 0. The van der Waals surface area contributed by atoms with Crippen molar-refractivity contribution in [1.82, 2.24) is 0 Å². The minimum atomic E-state index is -0.720. The van der Waals surface area contributed by atoms with Crippen LogP contribution in [0.1, 0.15) is 5.56 Å². The number of halogens is 2. The second-order valence-electron chi connectivity index (χ2n) is 3.73. The Labute approximate surface area is 121 Å². The molecule has 0 N–H and O–H groups in total. The van der Waals surface area contributed by atoms with Crippen molar-refractivity contribution in [1.29, 1.82) is 5.26 Å². The van der Waals surface area contributed by atoms with Crippen molar-refractivity contribution in [3.63, 3.8) is 0 Å². The molecule has 20 heavy (non-hydrogen) atoms. The molecule has 0 amide bonds. The fraction of sp³-hybridized carbons (Fsp3) is 0. The fourth-order valence-electron chi connectivity index (χ4n) is 1.46. The van der Waals surface area contributed by atoms with Crippen molar-refractivity contribution in [3.05, 3.63) is 62.4 Å². The Morgan fingerprint density at radius 1 is 1.25 bits per heavy atom. The smallest absolute Gasteiger partial charge is 0.273 e. The highest BCUT2D eigenvalue weighted by atomic mass is 79.9. The van der Waals surface area contributed by atoms with Crippen LogP contribution in [0.3, 0.4) is 0 Å². The molecule has 0 spiro atoms. The SMILES string of the molecule is N#Cc1ccc(Oc2cc([N+](=O)[O-])ccc2Br)c(F)c1. The van der Waals surface area contributed by atoms with Crippen molar-refractivity contribution in [3.8, 4) is 17.6 Å². The molecule has 100 valence electrons. The lowest BCUT2D eigenvalue weighted by molar-refractivity contribution is -0.384. The molecule has 0 aliphatic heterocycles. The minimum absolute atomic E-state index is 0.114. The first kappa shape index (κ1) is 14.0. The van der Waals surface area contributed by atoms with Gasteiger partial charge < -0.3 is 4.74 Å². The summed E-state index contributed by atoms with van der Waals surface area (Å²) in [5.74, 6) is -0.726. The molecular formula is C13H6BrFN2O3. The van der Waals surface area contributed by atoms with E-state index in [9.17, 15) is 14.5 Å². The Kier molecular flexibility index (Phi) is 3.96. The lowest BCUT2D eigenvalue weighted by atomic mass is 10.2. The van der Waals surface area contributed by atoms with Gasteiger partial charge >= 0.3 is 0 Å². The van der Waals surface area contributed by atoms with Crippen molar-refractivity contribution in [2.45, 2.75) is 0 Å². The Balaban J connectivity index is 2.37. The van der Waals surface area contributed by atoms with Crippen LogP contribution < -0.4 is 4.74 Å². The number of non-ortho nitro benzene ring substituents is 1. The van der Waals surface area contributed by atoms with Crippen molar-refractivity contribution in [2.75, 3.05) is 0 Å². The quantitative estimate of drug-likeness (QED) is 0.622. The van der Waals surface area contributed by atoms with Gasteiger partial charge in [-0.2, -0.15) is 5.26 Å². The molecule has 0 aliphatic rings. The highest BCUT2D eigenvalue weighted by Crippen LogP contribution is 2.34. The van der Waals surface area contributed by atoms with E-state index < -0.39 is 10.7 Å². The van der Waals surface area contributed by atoms with E-state index in [4.69, 9.17) is 10.00 Å². The van der Waals surface area contributed by atoms with E-state index in [1.54, 1.807) is 6.07 Å². The molecule has 0 saturated heterocycles. The number of ether oxygens (including phenoxy) is 1. The number of rotatable bonds is 3. The standard InChI is InChI=1S/C13H6BrFN2O3/c14-10-3-2-9(17(18)19)6-13(10)20-12-4-1-8(7-16)5-11(12)15/h1-6H. The van der Waals surface area contributed by atoms with Crippen LogP contribution in [0.15, 0.2) is 40.9 Å².